The van der Waals surface area contributed by atoms with Crippen molar-refractivity contribution < 1.29 is 54.0 Å². The van der Waals surface area contributed by atoms with E-state index in [9.17, 15) is 35.1 Å². The SMILES string of the molecule is CCCCCCCCOc1c(O[C@@H]2O[C@H](CO)[C@@H](O)[C@H](O)[C@H]2O)c2ccc(NC(=O)C=Cc3cc(OC)c(O)c(OC)c3)cc2n(C)c1=O. The number of carbonyl (C=O) groups is 1. The lowest BCUT2D eigenvalue weighted by molar-refractivity contribution is -0.277. The summed E-state index contributed by atoms with van der Waals surface area (Å²) in [4.78, 5) is 26.6. The van der Waals surface area contributed by atoms with E-state index in [0.29, 0.717) is 28.6 Å². The first-order chi connectivity index (χ1) is 23.5. The van der Waals surface area contributed by atoms with Crippen LogP contribution in [-0.4, -0.2) is 94.1 Å². The minimum Gasteiger partial charge on any atom is -0.502 e. The molecule has 0 spiro atoms. The van der Waals surface area contributed by atoms with E-state index in [1.54, 1.807) is 18.2 Å². The average Bonchev–Trinajstić information content (AvgIpc) is 3.10. The van der Waals surface area contributed by atoms with E-state index in [2.05, 4.69) is 12.2 Å². The van der Waals surface area contributed by atoms with Crippen molar-refractivity contribution in [3.63, 3.8) is 0 Å². The number of aliphatic hydroxyl groups is 4. The van der Waals surface area contributed by atoms with E-state index in [-0.39, 0.29) is 35.4 Å². The number of methoxy groups -OCH3 is 2. The zero-order valence-corrected chi connectivity index (χ0v) is 28.1. The molecule has 268 valence electrons. The number of phenols is 1. The highest BCUT2D eigenvalue weighted by Crippen LogP contribution is 2.38. The Morgan fingerprint density at radius 2 is 1.63 bits per heavy atom. The number of ether oxygens (including phenoxy) is 5. The number of nitrogens with one attached hydrogen (secondary N) is 1. The molecule has 0 unspecified atom stereocenters. The van der Waals surface area contributed by atoms with Gasteiger partial charge in [-0.1, -0.05) is 39.0 Å². The maximum absolute atomic E-state index is 13.7. The van der Waals surface area contributed by atoms with E-state index < -0.39 is 48.8 Å². The Morgan fingerprint density at radius 1 is 0.959 bits per heavy atom. The number of benzene rings is 2. The Hall–Kier alpha value is -4.34. The van der Waals surface area contributed by atoms with Gasteiger partial charge in [0.15, 0.2) is 17.2 Å². The van der Waals surface area contributed by atoms with Gasteiger partial charge < -0.3 is 59.1 Å². The smallest absolute Gasteiger partial charge is 0.297 e. The summed E-state index contributed by atoms with van der Waals surface area (Å²) in [5, 5.41) is 54.2. The lowest BCUT2D eigenvalue weighted by Crippen LogP contribution is -2.60. The highest BCUT2D eigenvalue weighted by atomic mass is 16.7. The molecule has 1 aliphatic rings. The third-order valence-corrected chi connectivity index (χ3v) is 8.33. The number of phenolic OH excluding ortho intramolecular Hbond substituents is 1. The van der Waals surface area contributed by atoms with Crippen LogP contribution in [0.15, 0.2) is 41.2 Å². The number of aliphatic hydroxyl groups excluding tert-OH is 4. The second-order valence-corrected chi connectivity index (χ2v) is 11.8. The van der Waals surface area contributed by atoms with E-state index in [4.69, 9.17) is 23.7 Å². The minimum atomic E-state index is -1.72. The van der Waals surface area contributed by atoms with E-state index in [1.807, 2.05) is 0 Å². The molecule has 1 aromatic heterocycles. The molecule has 2 heterocycles. The summed E-state index contributed by atoms with van der Waals surface area (Å²) in [7, 11) is 4.33. The largest absolute Gasteiger partial charge is 0.502 e. The topological polar surface area (TPSA) is 198 Å². The van der Waals surface area contributed by atoms with E-state index in [1.165, 1.54) is 50.1 Å². The van der Waals surface area contributed by atoms with Gasteiger partial charge in [0.2, 0.25) is 23.7 Å². The summed E-state index contributed by atoms with van der Waals surface area (Å²) >= 11 is 0. The van der Waals surface area contributed by atoms with Gasteiger partial charge in [0.1, 0.15) is 24.4 Å². The zero-order valence-electron chi connectivity index (χ0n) is 28.1. The van der Waals surface area contributed by atoms with Gasteiger partial charge in [-0.05, 0) is 48.4 Å². The van der Waals surface area contributed by atoms with Gasteiger partial charge in [0.25, 0.3) is 5.56 Å². The second-order valence-electron chi connectivity index (χ2n) is 11.8. The lowest BCUT2D eigenvalue weighted by atomic mass is 9.99. The van der Waals surface area contributed by atoms with Gasteiger partial charge in [-0.15, -0.1) is 0 Å². The number of amides is 1. The van der Waals surface area contributed by atoms with Crippen LogP contribution in [0.25, 0.3) is 17.0 Å². The molecule has 0 saturated carbocycles. The van der Waals surface area contributed by atoms with E-state index >= 15 is 0 Å². The third-order valence-electron chi connectivity index (χ3n) is 8.33. The van der Waals surface area contributed by atoms with Crippen molar-refractivity contribution in [2.24, 2.45) is 7.05 Å². The summed E-state index contributed by atoms with van der Waals surface area (Å²) in [6.45, 7) is 1.70. The molecule has 6 N–H and O–H groups in total. The number of fused-ring (bicyclic) bond motifs is 1. The number of pyridine rings is 1. The molecule has 49 heavy (non-hydrogen) atoms. The molecule has 1 fully saturated rings. The van der Waals surface area contributed by atoms with Gasteiger partial charge in [0, 0.05) is 24.2 Å². The number of carbonyl (C=O) groups excluding carboxylic acids is 1. The van der Waals surface area contributed by atoms with Gasteiger partial charge in [-0.2, -0.15) is 0 Å². The normalized spacial score (nSPS) is 20.8. The molecule has 2 aromatic carbocycles. The van der Waals surface area contributed by atoms with Crippen LogP contribution in [-0.2, 0) is 16.6 Å². The van der Waals surface area contributed by atoms with E-state index in [0.717, 1.165) is 32.1 Å². The van der Waals surface area contributed by atoms with Crippen LogP contribution < -0.4 is 29.8 Å². The van der Waals surface area contributed by atoms with Crippen LogP contribution in [0.5, 0.6) is 28.7 Å². The summed E-state index contributed by atoms with van der Waals surface area (Å²) in [5.74, 6) is -0.522. The first-order valence-corrected chi connectivity index (χ1v) is 16.2. The predicted octanol–water partition coefficient (Wildman–Crippen LogP) is 2.83. The quantitative estimate of drug-likeness (QED) is 0.0953. The van der Waals surface area contributed by atoms with Gasteiger partial charge in [-0.3, -0.25) is 9.59 Å². The fraction of sp³-hybridized carbons (Fsp3) is 0.486. The number of hydrogen-bond donors (Lipinski definition) is 6. The molecule has 3 aromatic rings. The summed E-state index contributed by atoms with van der Waals surface area (Å²) in [5.41, 5.74) is 0.659. The van der Waals surface area contributed by atoms with Crippen molar-refractivity contribution in [2.75, 3.05) is 32.8 Å². The van der Waals surface area contributed by atoms with Gasteiger partial charge in [-0.25, -0.2) is 0 Å². The molecule has 5 atom stereocenters. The molecule has 4 rings (SSSR count). The minimum absolute atomic E-state index is 0.0681. The number of nitrogens with zero attached hydrogens (tertiary/aromatic N) is 1. The first-order valence-electron chi connectivity index (χ1n) is 16.2. The second kappa shape index (κ2) is 17.4. The number of aryl methyl sites for hydroxylation is 1. The molecule has 0 aliphatic carbocycles. The molecule has 1 aliphatic heterocycles. The van der Waals surface area contributed by atoms with Gasteiger partial charge >= 0.3 is 0 Å². The van der Waals surface area contributed by atoms with Crippen molar-refractivity contribution in [1.29, 1.82) is 0 Å². The Kier molecular flexibility index (Phi) is 13.3. The lowest BCUT2D eigenvalue weighted by Gasteiger charge is -2.39. The number of aromatic hydroxyl groups is 1. The Morgan fingerprint density at radius 3 is 2.29 bits per heavy atom. The average molecular weight is 687 g/mol. The predicted molar refractivity (Wildman–Crippen MR) is 181 cm³/mol. The standard InChI is InChI=1S/C35H46N2O12/c1-5-6-7-8-9-10-15-47-33-32(49-35-31(43)30(42)29(41)26(19-38)48-35)22-13-12-21(18-23(22)37(2)34(33)44)36-27(39)14-11-20-16-24(45-3)28(40)25(17-20)46-4/h11-14,16-18,26,29-31,35,38,40-43H,5-10,15,19H2,1-4H3,(H,36,39)/t26-,29-,30+,31-,35+/m1/s1. The van der Waals surface area contributed by atoms with Crippen LogP contribution in [0.1, 0.15) is 51.0 Å². The van der Waals surface area contributed by atoms with Crippen LogP contribution in [0.4, 0.5) is 5.69 Å². The fourth-order valence-electron chi connectivity index (χ4n) is 5.51. The monoisotopic (exact) mass is 686 g/mol. The molecule has 0 bridgehead atoms. The summed E-state index contributed by atoms with van der Waals surface area (Å²) in [6.07, 6.45) is 0.976. The van der Waals surface area contributed by atoms with Crippen molar-refractivity contribution in [3.8, 4) is 28.7 Å². The molecule has 14 heteroatoms. The number of anilines is 1. The van der Waals surface area contributed by atoms with Crippen molar-refractivity contribution in [2.45, 2.75) is 76.2 Å². The molecule has 1 amide bonds. The van der Waals surface area contributed by atoms with Gasteiger partial charge in [0.05, 0.1) is 33.0 Å². The van der Waals surface area contributed by atoms with Crippen molar-refractivity contribution in [3.05, 3.63) is 52.3 Å². The molecular weight excluding hydrogens is 640 g/mol. The Balaban J connectivity index is 1.64. The third kappa shape index (κ3) is 8.83. The maximum atomic E-state index is 13.7. The molecule has 1 saturated heterocycles. The van der Waals surface area contributed by atoms with Crippen LogP contribution >= 0.6 is 0 Å². The summed E-state index contributed by atoms with van der Waals surface area (Å²) in [6, 6.07) is 7.82. The Bertz CT molecular complexity index is 1650. The molecular formula is C35H46N2O12. The van der Waals surface area contributed by atoms with Crippen molar-refractivity contribution >= 4 is 28.6 Å². The summed E-state index contributed by atoms with van der Waals surface area (Å²) < 4.78 is 29.3. The highest BCUT2D eigenvalue weighted by molar-refractivity contribution is 6.03. The highest BCUT2D eigenvalue weighted by Gasteiger charge is 2.45. The Labute approximate surface area is 284 Å². The first kappa shape index (κ1) is 37.5. The van der Waals surface area contributed by atoms with Crippen LogP contribution in [0.3, 0.4) is 0 Å². The number of rotatable bonds is 16. The number of hydrogen-bond acceptors (Lipinski definition) is 12. The fourth-order valence-corrected chi connectivity index (χ4v) is 5.51. The van der Waals surface area contributed by atoms with Crippen molar-refractivity contribution in [1.82, 2.24) is 4.57 Å². The maximum Gasteiger partial charge on any atom is 0.297 e. The van der Waals surface area contributed by atoms with Crippen LogP contribution in [0, 0.1) is 0 Å². The molecule has 0 radical (unpaired) electrons. The van der Waals surface area contributed by atoms with Crippen LogP contribution in [0.2, 0.25) is 0 Å². The number of aromatic nitrogens is 1. The zero-order chi connectivity index (χ0) is 35.7. The number of unbranched alkanes of at least 4 members (excludes halogenated alkanes) is 5. The molecule has 14 nitrogen and oxygen atoms in total.